The molecule has 0 spiro atoms. The van der Waals surface area contributed by atoms with E-state index >= 15 is 0 Å². The van der Waals surface area contributed by atoms with Crippen molar-refractivity contribution in [3.05, 3.63) is 35.4 Å². The van der Waals surface area contributed by atoms with Crippen molar-refractivity contribution >= 4 is 40.6 Å². The van der Waals surface area contributed by atoms with E-state index in [-0.39, 0.29) is 0 Å². The van der Waals surface area contributed by atoms with Crippen molar-refractivity contribution in [1.29, 1.82) is 0 Å². The number of thiocarbonyl (C=S) groups is 1. The van der Waals surface area contributed by atoms with Crippen molar-refractivity contribution in [3.8, 4) is 11.8 Å². The molecule has 138 valence electrons. The summed E-state index contributed by atoms with van der Waals surface area (Å²) in [6.45, 7) is 3.01. The summed E-state index contributed by atoms with van der Waals surface area (Å²) in [5.41, 5.74) is 0.880. The van der Waals surface area contributed by atoms with Gasteiger partial charge in [0, 0.05) is 36.9 Å². The molecule has 2 heterocycles. The third kappa shape index (κ3) is 4.44. The molecule has 1 saturated heterocycles. The van der Waals surface area contributed by atoms with Crippen LogP contribution in [-0.4, -0.2) is 60.4 Å². The number of hydrogen-bond acceptors (Lipinski definition) is 6. The zero-order valence-corrected chi connectivity index (χ0v) is 16.2. The minimum Gasteiger partial charge on any atom is -0.481 e. The third-order valence-electron chi connectivity index (χ3n) is 4.01. The van der Waals surface area contributed by atoms with Crippen molar-refractivity contribution in [1.82, 2.24) is 14.9 Å². The molecule has 0 radical (unpaired) electrons. The molecule has 3 rings (SSSR count). The summed E-state index contributed by atoms with van der Waals surface area (Å²) in [4.78, 5) is 13.0. The maximum atomic E-state index is 6.01. The van der Waals surface area contributed by atoms with Gasteiger partial charge in [0.05, 0.1) is 20.3 Å². The van der Waals surface area contributed by atoms with Crippen LogP contribution >= 0.6 is 23.8 Å². The van der Waals surface area contributed by atoms with Crippen molar-refractivity contribution in [2.24, 2.45) is 0 Å². The van der Waals surface area contributed by atoms with E-state index in [4.69, 9.17) is 33.3 Å². The van der Waals surface area contributed by atoms with E-state index in [0.29, 0.717) is 27.8 Å². The van der Waals surface area contributed by atoms with E-state index in [1.165, 1.54) is 0 Å². The molecule has 0 atom stereocenters. The lowest BCUT2D eigenvalue weighted by atomic mass is 10.3. The van der Waals surface area contributed by atoms with Gasteiger partial charge >= 0.3 is 0 Å². The quantitative estimate of drug-likeness (QED) is 0.795. The van der Waals surface area contributed by atoms with Crippen LogP contribution in [0, 0.1) is 0 Å². The maximum absolute atomic E-state index is 6.01. The van der Waals surface area contributed by atoms with Crippen LogP contribution in [0.25, 0.3) is 0 Å². The average Bonchev–Trinajstić information content (AvgIpc) is 2.67. The molecule has 26 heavy (non-hydrogen) atoms. The highest BCUT2D eigenvalue weighted by Crippen LogP contribution is 2.21. The van der Waals surface area contributed by atoms with Crippen molar-refractivity contribution in [3.63, 3.8) is 0 Å². The number of rotatable bonds is 4. The fourth-order valence-electron chi connectivity index (χ4n) is 2.62. The Hall–Kier alpha value is -2.32. The van der Waals surface area contributed by atoms with Crippen LogP contribution in [0.4, 0.5) is 11.6 Å². The molecule has 0 amide bonds. The molecule has 7 nitrogen and oxygen atoms in total. The lowest BCUT2D eigenvalue weighted by molar-refractivity contribution is 0.363. The summed E-state index contributed by atoms with van der Waals surface area (Å²) in [5.74, 6) is 1.55. The monoisotopic (exact) mass is 393 g/mol. The average molecular weight is 394 g/mol. The highest BCUT2D eigenvalue weighted by atomic mass is 35.5. The van der Waals surface area contributed by atoms with E-state index in [2.05, 4.69) is 25.1 Å². The first kappa shape index (κ1) is 18.5. The van der Waals surface area contributed by atoms with E-state index < -0.39 is 0 Å². The number of nitrogens with zero attached hydrogens (tertiary/aromatic N) is 4. The predicted octanol–water partition coefficient (Wildman–Crippen LogP) is 2.67. The van der Waals surface area contributed by atoms with Crippen LogP contribution in [0.1, 0.15) is 0 Å². The minimum absolute atomic E-state index is 0.479. The highest BCUT2D eigenvalue weighted by molar-refractivity contribution is 7.80. The number of piperazine rings is 1. The number of halogens is 1. The number of nitrogens with one attached hydrogen (secondary N) is 1. The van der Waals surface area contributed by atoms with Gasteiger partial charge in [0.1, 0.15) is 0 Å². The maximum Gasteiger partial charge on any atom is 0.232 e. The molecule has 9 heteroatoms. The topological polar surface area (TPSA) is 62.8 Å². The van der Waals surface area contributed by atoms with Crippen molar-refractivity contribution in [2.75, 3.05) is 50.6 Å². The van der Waals surface area contributed by atoms with Gasteiger partial charge in [0.15, 0.2) is 5.11 Å². The molecular formula is C17H20ClN5O2S. The smallest absolute Gasteiger partial charge is 0.232 e. The van der Waals surface area contributed by atoms with Crippen LogP contribution in [0.2, 0.25) is 5.02 Å². The van der Waals surface area contributed by atoms with E-state index in [1.807, 2.05) is 24.3 Å². The standard InChI is InChI=1S/C17H20ClN5O2S/c1-24-14-11-15(25-2)21-16(20-14)22-6-8-23(9-7-22)17(26)19-13-5-3-4-12(18)10-13/h3-5,10-11H,6-9H2,1-2H3,(H,19,26). The fourth-order valence-corrected chi connectivity index (χ4v) is 3.11. The molecule has 0 unspecified atom stereocenters. The van der Waals surface area contributed by atoms with Gasteiger partial charge in [-0.25, -0.2) is 0 Å². The van der Waals surface area contributed by atoms with Crippen molar-refractivity contribution < 1.29 is 9.47 Å². The normalized spacial score (nSPS) is 14.1. The first-order valence-corrected chi connectivity index (χ1v) is 8.91. The Balaban J connectivity index is 1.61. The van der Waals surface area contributed by atoms with Gasteiger partial charge in [-0.3, -0.25) is 0 Å². The molecule has 0 aliphatic carbocycles. The molecule has 2 aromatic rings. The second kappa shape index (κ2) is 8.37. The van der Waals surface area contributed by atoms with Gasteiger partial charge in [0.2, 0.25) is 17.7 Å². The lowest BCUT2D eigenvalue weighted by Gasteiger charge is -2.36. The van der Waals surface area contributed by atoms with Crippen molar-refractivity contribution in [2.45, 2.75) is 0 Å². The Morgan fingerprint density at radius 1 is 1.08 bits per heavy atom. The minimum atomic E-state index is 0.479. The fraction of sp³-hybridized carbons (Fsp3) is 0.353. The van der Waals surface area contributed by atoms with Crippen LogP contribution in [0.15, 0.2) is 30.3 Å². The summed E-state index contributed by atoms with van der Waals surface area (Å²) < 4.78 is 10.4. The summed E-state index contributed by atoms with van der Waals surface area (Å²) in [6, 6.07) is 9.16. The Morgan fingerprint density at radius 2 is 1.73 bits per heavy atom. The van der Waals surface area contributed by atoms with Crippen LogP contribution in [0.3, 0.4) is 0 Å². The first-order chi connectivity index (χ1) is 12.6. The van der Waals surface area contributed by atoms with E-state index in [1.54, 1.807) is 20.3 Å². The molecule has 1 aliphatic heterocycles. The Labute approximate surface area is 162 Å². The predicted molar refractivity (Wildman–Crippen MR) is 107 cm³/mol. The molecule has 1 N–H and O–H groups in total. The summed E-state index contributed by atoms with van der Waals surface area (Å²) in [6.07, 6.45) is 0. The summed E-state index contributed by atoms with van der Waals surface area (Å²) >= 11 is 11.5. The molecule has 1 fully saturated rings. The number of hydrogen-bond donors (Lipinski definition) is 1. The molecule has 1 aliphatic rings. The molecular weight excluding hydrogens is 374 g/mol. The third-order valence-corrected chi connectivity index (χ3v) is 4.61. The summed E-state index contributed by atoms with van der Waals surface area (Å²) in [5, 5.41) is 4.58. The second-order valence-electron chi connectivity index (χ2n) is 5.67. The number of methoxy groups -OCH3 is 2. The Bertz CT molecular complexity index is 761. The van der Waals surface area contributed by atoms with Gasteiger partial charge < -0.3 is 24.6 Å². The zero-order chi connectivity index (χ0) is 18.5. The Kier molecular flexibility index (Phi) is 5.95. The van der Waals surface area contributed by atoms with Gasteiger partial charge in [-0.15, -0.1) is 0 Å². The van der Waals surface area contributed by atoms with Gasteiger partial charge in [-0.2, -0.15) is 9.97 Å². The Morgan fingerprint density at radius 3 is 2.31 bits per heavy atom. The lowest BCUT2D eigenvalue weighted by Crippen LogP contribution is -2.50. The second-order valence-corrected chi connectivity index (χ2v) is 6.49. The molecule has 1 aromatic carbocycles. The zero-order valence-electron chi connectivity index (χ0n) is 14.6. The van der Waals surface area contributed by atoms with Gasteiger partial charge in [-0.1, -0.05) is 17.7 Å². The first-order valence-electron chi connectivity index (χ1n) is 8.12. The van der Waals surface area contributed by atoms with Crippen LogP contribution < -0.4 is 19.7 Å². The van der Waals surface area contributed by atoms with E-state index in [9.17, 15) is 0 Å². The highest BCUT2D eigenvalue weighted by Gasteiger charge is 2.22. The van der Waals surface area contributed by atoms with Gasteiger partial charge in [0.25, 0.3) is 0 Å². The van der Waals surface area contributed by atoms with Gasteiger partial charge in [-0.05, 0) is 30.4 Å². The molecule has 0 saturated carbocycles. The number of benzene rings is 1. The summed E-state index contributed by atoms with van der Waals surface area (Å²) in [7, 11) is 3.15. The number of anilines is 2. The SMILES string of the molecule is COc1cc(OC)nc(N2CCN(C(=S)Nc3cccc(Cl)c3)CC2)n1. The van der Waals surface area contributed by atoms with Crippen LogP contribution in [0.5, 0.6) is 11.8 Å². The largest absolute Gasteiger partial charge is 0.481 e. The van der Waals surface area contributed by atoms with E-state index in [0.717, 1.165) is 31.9 Å². The molecule has 1 aromatic heterocycles. The van der Waals surface area contributed by atoms with Crippen LogP contribution in [-0.2, 0) is 0 Å². The molecule has 0 bridgehead atoms. The number of ether oxygens (including phenoxy) is 2. The number of aromatic nitrogens is 2.